The lowest BCUT2D eigenvalue weighted by atomic mass is 9.70. The molecule has 4 nitrogen and oxygen atoms in total. The molecule has 2 unspecified atom stereocenters. The van der Waals surface area contributed by atoms with Gasteiger partial charge in [-0.25, -0.2) is 19.6 Å². The van der Waals surface area contributed by atoms with Crippen LogP contribution in [-0.4, -0.2) is 25.2 Å². The average Bonchev–Trinajstić information content (AvgIpc) is 3.00. The maximum atomic E-state index is 10.2. The van der Waals surface area contributed by atoms with Crippen LogP contribution in [0.1, 0.15) is 194 Å². The summed E-state index contributed by atoms with van der Waals surface area (Å²) in [5.41, 5.74) is 3.73. The van der Waals surface area contributed by atoms with Gasteiger partial charge in [-0.1, -0.05) is 141 Å². The summed E-state index contributed by atoms with van der Waals surface area (Å²) in [6.45, 7) is 5.94. The van der Waals surface area contributed by atoms with Gasteiger partial charge in [-0.3, -0.25) is 0 Å². The summed E-state index contributed by atoms with van der Waals surface area (Å²) in [6, 6.07) is 0. The van der Waals surface area contributed by atoms with E-state index in [0.717, 1.165) is 24.7 Å². The summed E-state index contributed by atoms with van der Waals surface area (Å²) >= 11 is 0. The Balaban J connectivity index is 2.69. The first kappa shape index (κ1) is 38.5. The van der Waals surface area contributed by atoms with Crippen molar-refractivity contribution >= 4 is 12.2 Å². The summed E-state index contributed by atoms with van der Waals surface area (Å²) in [5.74, 6) is 1.84. The van der Waals surface area contributed by atoms with Crippen molar-refractivity contribution in [1.29, 1.82) is 0 Å². The summed E-state index contributed by atoms with van der Waals surface area (Å²) in [5, 5.41) is 0. The minimum Gasteiger partial charge on any atom is -0.211 e. The van der Waals surface area contributed by atoms with Gasteiger partial charge in [0.2, 0.25) is 12.2 Å². The monoisotopic (exact) mass is 585 g/mol. The van der Waals surface area contributed by atoms with Gasteiger partial charge >= 0.3 is 0 Å². The average molecular weight is 585 g/mol. The number of carbonyl (C=O) groups excluding carboxylic acids is 2. The second kappa shape index (κ2) is 29.6. The highest BCUT2D eigenvalue weighted by molar-refractivity contribution is 5.32. The first-order chi connectivity index (χ1) is 20.8. The molecule has 1 rings (SSSR count). The van der Waals surface area contributed by atoms with Gasteiger partial charge in [-0.2, -0.15) is 0 Å². The summed E-state index contributed by atoms with van der Waals surface area (Å²) in [7, 11) is 0. The van der Waals surface area contributed by atoms with Gasteiger partial charge < -0.3 is 0 Å². The normalized spacial score (nSPS) is 16.8. The Hall–Kier alpha value is -1.50. The molecule has 0 aliphatic heterocycles. The highest BCUT2D eigenvalue weighted by Gasteiger charge is 2.29. The van der Waals surface area contributed by atoms with Gasteiger partial charge in [0.1, 0.15) is 0 Å². The van der Waals surface area contributed by atoms with Gasteiger partial charge in [0.25, 0.3) is 0 Å². The summed E-state index contributed by atoms with van der Waals surface area (Å²) in [6.07, 6.45) is 40.7. The van der Waals surface area contributed by atoms with Crippen molar-refractivity contribution in [3.63, 3.8) is 0 Å². The van der Waals surface area contributed by atoms with Gasteiger partial charge in [0.05, 0.1) is 13.1 Å². The van der Waals surface area contributed by atoms with Crippen molar-refractivity contribution < 1.29 is 9.59 Å². The van der Waals surface area contributed by atoms with E-state index in [2.05, 4.69) is 23.8 Å². The van der Waals surface area contributed by atoms with E-state index in [0.29, 0.717) is 13.1 Å². The third-order valence-corrected chi connectivity index (χ3v) is 9.67. The van der Waals surface area contributed by atoms with Crippen LogP contribution in [0.25, 0.3) is 0 Å². The first-order valence-corrected chi connectivity index (χ1v) is 18.5. The molecule has 2 atom stereocenters. The van der Waals surface area contributed by atoms with Crippen LogP contribution in [0, 0.1) is 11.8 Å². The smallest absolute Gasteiger partial charge is 0.211 e. The molecule has 0 saturated heterocycles. The molecule has 4 heteroatoms. The van der Waals surface area contributed by atoms with Crippen LogP contribution < -0.4 is 0 Å². The van der Waals surface area contributed by atoms with Crippen molar-refractivity contribution in [1.82, 2.24) is 0 Å². The van der Waals surface area contributed by atoms with Gasteiger partial charge in [0.15, 0.2) is 0 Å². The molecule has 0 aromatic heterocycles. The predicted octanol–water partition coefficient (Wildman–Crippen LogP) is 12.2. The fourth-order valence-corrected chi connectivity index (χ4v) is 7.07. The number of hydrogen-bond acceptors (Lipinski definition) is 4. The Morgan fingerprint density at radius 3 is 1.21 bits per heavy atom. The molecule has 1 aliphatic carbocycles. The van der Waals surface area contributed by atoms with Crippen LogP contribution in [0.3, 0.4) is 0 Å². The zero-order chi connectivity index (χ0) is 30.4. The molecular weight excluding hydrogens is 516 g/mol. The lowest BCUT2D eigenvalue weighted by Gasteiger charge is -2.36. The zero-order valence-corrected chi connectivity index (χ0v) is 28.1. The fourth-order valence-electron chi connectivity index (χ4n) is 7.07. The molecular formula is C38H68N2O2. The van der Waals surface area contributed by atoms with Crippen LogP contribution in [0.5, 0.6) is 0 Å². The quantitative estimate of drug-likeness (QED) is 0.0365. The Kier molecular flexibility index (Phi) is 27.1. The fraction of sp³-hybridized carbons (Fsp3) is 0.895. The predicted molar refractivity (Wildman–Crippen MR) is 181 cm³/mol. The Morgan fingerprint density at radius 2 is 0.810 bits per heavy atom. The van der Waals surface area contributed by atoms with Gasteiger partial charge in [0, 0.05) is 0 Å². The lowest BCUT2D eigenvalue weighted by molar-refractivity contribution is 0.252. The number of unbranched alkanes of at least 4 members (excludes halogenated alkanes) is 18. The van der Waals surface area contributed by atoms with Crippen LogP contribution in [0.4, 0.5) is 0 Å². The first-order valence-electron chi connectivity index (χ1n) is 18.5. The van der Waals surface area contributed by atoms with Crippen LogP contribution in [0.15, 0.2) is 21.1 Å². The highest BCUT2D eigenvalue weighted by Crippen LogP contribution is 2.43. The maximum absolute atomic E-state index is 10.2. The van der Waals surface area contributed by atoms with E-state index in [9.17, 15) is 9.59 Å². The van der Waals surface area contributed by atoms with Gasteiger partial charge in [-0.15, -0.1) is 0 Å². The zero-order valence-electron chi connectivity index (χ0n) is 28.1. The Bertz CT molecular complexity index is 748. The SMILES string of the molecule is CCCCCCCCC1CC(CCCCCCCCN=C=O)=C(CCCCCCCCN=C=O)CC1CCCCCC. The molecule has 0 fully saturated rings. The van der Waals surface area contributed by atoms with E-state index in [4.69, 9.17) is 0 Å². The largest absolute Gasteiger partial charge is 0.234 e. The molecule has 1 aliphatic rings. The van der Waals surface area contributed by atoms with Crippen molar-refractivity contribution in [3.8, 4) is 0 Å². The molecule has 242 valence electrons. The minimum atomic E-state index is 0.647. The van der Waals surface area contributed by atoms with Crippen LogP contribution in [-0.2, 0) is 9.59 Å². The van der Waals surface area contributed by atoms with Crippen molar-refractivity contribution in [3.05, 3.63) is 11.1 Å². The second-order valence-corrected chi connectivity index (χ2v) is 13.2. The second-order valence-electron chi connectivity index (χ2n) is 13.2. The highest BCUT2D eigenvalue weighted by atomic mass is 16.1. The van der Waals surface area contributed by atoms with Crippen LogP contribution in [0.2, 0.25) is 0 Å². The molecule has 0 spiro atoms. The molecule has 0 N–H and O–H groups in total. The van der Waals surface area contributed by atoms with E-state index in [1.54, 1.807) is 12.2 Å². The number of nitrogens with zero attached hydrogens (tertiary/aromatic N) is 2. The summed E-state index contributed by atoms with van der Waals surface area (Å²) < 4.78 is 0. The molecule has 42 heavy (non-hydrogen) atoms. The third kappa shape index (κ3) is 21.2. The molecule has 0 aromatic carbocycles. The minimum absolute atomic E-state index is 0.647. The van der Waals surface area contributed by atoms with Crippen LogP contribution >= 0.6 is 0 Å². The van der Waals surface area contributed by atoms with E-state index < -0.39 is 0 Å². The Morgan fingerprint density at radius 1 is 0.476 bits per heavy atom. The molecule has 0 heterocycles. The maximum Gasteiger partial charge on any atom is 0.234 e. The molecule has 0 saturated carbocycles. The number of aliphatic imine (C=N–C) groups is 2. The number of hydrogen-bond donors (Lipinski definition) is 0. The Labute approximate surface area is 261 Å². The van der Waals surface area contributed by atoms with Crippen molar-refractivity contribution in [2.75, 3.05) is 13.1 Å². The van der Waals surface area contributed by atoms with E-state index >= 15 is 0 Å². The van der Waals surface area contributed by atoms with Gasteiger partial charge in [-0.05, 0) is 76.0 Å². The number of allylic oxidation sites excluding steroid dienone is 2. The van der Waals surface area contributed by atoms with Crippen molar-refractivity contribution in [2.45, 2.75) is 194 Å². The molecule has 0 bridgehead atoms. The van der Waals surface area contributed by atoms with Crippen molar-refractivity contribution in [2.24, 2.45) is 21.8 Å². The third-order valence-electron chi connectivity index (χ3n) is 9.67. The van der Waals surface area contributed by atoms with E-state index in [-0.39, 0.29) is 0 Å². The lowest BCUT2D eigenvalue weighted by Crippen LogP contribution is -2.22. The van der Waals surface area contributed by atoms with E-state index in [1.165, 1.54) is 167 Å². The standard InChI is InChI=1S/C38H68N2O2/c1-3-5-7-9-14-20-26-36-32-38(28-22-16-11-13-18-24-30-40-34-42)37(31-35(36)25-19-8-6-4-2)27-21-15-10-12-17-23-29-39-33-41/h35-36H,3-32H2,1-2H3. The molecule has 0 amide bonds. The summed E-state index contributed by atoms with van der Waals surface area (Å²) in [4.78, 5) is 27.8. The molecule has 0 aromatic rings. The molecule has 0 radical (unpaired) electrons. The number of rotatable bonds is 30. The topological polar surface area (TPSA) is 58.9 Å². The van der Waals surface area contributed by atoms with E-state index in [1.807, 2.05) is 11.1 Å². The number of isocyanates is 2.